The van der Waals surface area contributed by atoms with Crippen molar-refractivity contribution in [2.75, 3.05) is 10.6 Å². The summed E-state index contributed by atoms with van der Waals surface area (Å²) in [6.45, 7) is 0. The Morgan fingerprint density at radius 1 is 1.14 bits per heavy atom. The number of rotatable bonds is 3. The number of allylic oxidation sites excluding steroid dienone is 4. The lowest BCUT2D eigenvalue weighted by atomic mass is 9.96. The largest absolute Gasteiger partial charge is 0.324 e. The SMILES string of the molecule is [B]c1ccc(NC(=O)Nc2ccnn2C2=CCCC=C2)cc1. The third-order valence-electron chi connectivity index (χ3n) is 3.27. The first kappa shape index (κ1) is 14.2. The molecule has 0 saturated heterocycles. The molecule has 1 heterocycles. The fourth-order valence-electron chi connectivity index (χ4n) is 2.21. The zero-order chi connectivity index (χ0) is 15.4. The van der Waals surface area contributed by atoms with Gasteiger partial charge in [0.1, 0.15) is 13.7 Å². The van der Waals surface area contributed by atoms with E-state index in [1.54, 1.807) is 41.2 Å². The maximum absolute atomic E-state index is 12.1. The number of nitrogens with zero attached hydrogens (tertiary/aromatic N) is 2. The summed E-state index contributed by atoms with van der Waals surface area (Å²) in [7, 11) is 5.62. The average molecular weight is 290 g/mol. The Morgan fingerprint density at radius 2 is 1.95 bits per heavy atom. The number of urea groups is 1. The molecule has 0 atom stereocenters. The minimum absolute atomic E-state index is 0.327. The van der Waals surface area contributed by atoms with Gasteiger partial charge in [0.05, 0.1) is 11.9 Å². The number of anilines is 2. The van der Waals surface area contributed by atoms with Gasteiger partial charge < -0.3 is 5.32 Å². The highest BCUT2D eigenvalue weighted by Crippen LogP contribution is 2.19. The fraction of sp³-hybridized carbons (Fsp3) is 0.125. The molecular weight excluding hydrogens is 275 g/mol. The first-order valence-corrected chi connectivity index (χ1v) is 7.07. The normalized spacial score (nSPS) is 13.5. The molecule has 0 spiro atoms. The molecule has 0 fully saturated rings. The lowest BCUT2D eigenvalue weighted by Crippen LogP contribution is -2.21. The molecule has 1 aromatic heterocycles. The number of hydrogen-bond acceptors (Lipinski definition) is 2. The van der Waals surface area contributed by atoms with E-state index in [-0.39, 0.29) is 6.03 Å². The second-order valence-corrected chi connectivity index (χ2v) is 4.94. The summed E-state index contributed by atoms with van der Waals surface area (Å²) >= 11 is 0. The van der Waals surface area contributed by atoms with Crippen LogP contribution in [0, 0.1) is 0 Å². The zero-order valence-corrected chi connectivity index (χ0v) is 12.0. The lowest BCUT2D eigenvalue weighted by Gasteiger charge is -2.12. The molecule has 1 aliphatic rings. The van der Waals surface area contributed by atoms with E-state index in [4.69, 9.17) is 7.85 Å². The third kappa shape index (κ3) is 3.28. The van der Waals surface area contributed by atoms with E-state index in [9.17, 15) is 4.79 Å². The zero-order valence-electron chi connectivity index (χ0n) is 12.0. The molecule has 1 aromatic carbocycles. The Morgan fingerprint density at radius 3 is 2.68 bits per heavy atom. The minimum Gasteiger partial charge on any atom is -0.308 e. The minimum atomic E-state index is -0.327. The number of carbonyl (C=O) groups is 1. The second kappa shape index (κ2) is 6.34. The molecule has 2 radical (unpaired) electrons. The summed E-state index contributed by atoms with van der Waals surface area (Å²) in [4.78, 5) is 12.1. The average Bonchev–Trinajstić information content (AvgIpc) is 2.98. The Balaban J connectivity index is 1.69. The first-order valence-electron chi connectivity index (χ1n) is 7.07. The Labute approximate surface area is 130 Å². The molecule has 0 saturated carbocycles. The summed E-state index contributed by atoms with van der Waals surface area (Å²) in [5.41, 5.74) is 2.29. The third-order valence-corrected chi connectivity index (χ3v) is 3.27. The number of carbonyl (C=O) groups excluding carboxylic acids is 1. The van der Waals surface area contributed by atoms with Gasteiger partial charge in [0, 0.05) is 11.8 Å². The molecule has 108 valence electrons. The molecule has 0 unspecified atom stereocenters. The summed E-state index contributed by atoms with van der Waals surface area (Å²) in [5.74, 6) is 0.616. The van der Waals surface area contributed by atoms with Crippen LogP contribution in [0.15, 0.2) is 54.8 Å². The van der Waals surface area contributed by atoms with Gasteiger partial charge in [-0.1, -0.05) is 29.7 Å². The molecule has 22 heavy (non-hydrogen) atoms. The van der Waals surface area contributed by atoms with Crippen LogP contribution in [0.1, 0.15) is 12.8 Å². The van der Waals surface area contributed by atoms with Crippen molar-refractivity contribution in [2.24, 2.45) is 0 Å². The van der Waals surface area contributed by atoms with E-state index in [0.29, 0.717) is 17.0 Å². The quantitative estimate of drug-likeness (QED) is 0.853. The molecular formula is C16H15BN4O. The van der Waals surface area contributed by atoms with Crippen LogP contribution in [0.4, 0.5) is 16.3 Å². The van der Waals surface area contributed by atoms with E-state index in [2.05, 4.69) is 27.9 Å². The van der Waals surface area contributed by atoms with E-state index in [1.807, 2.05) is 6.08 Å². The van der Waals surface area contributed by atoms with Crippen molar-refractivity contribution < 1.29 is 4.79 Å². The van der Waals surface area contributed by atoms with Crippen LogP contribution in [0.3, 0.4) is 0 Å². The van der Waals surface area contributed by atoms with Crippen LogP contribution in [0.2, 0.25) is 0 Å². The highest BCUT2D eigenvalue weighted by Gasteiger charge is 2.10. The maximum atomic E-state index is 12.1. The Bertz CT molecular complexity index is 731. The molecule has 2 aromatic rings. The van der Waals surface area contributed by atoms with E-state index >= 15 is 0 Å². The number of aromatic nitrogens is 2. The van der Waals surface area contributed by atoms with Gasteiger partial charge in [-0.15, -0.1) is 0 Å². The van der Waals surface area contributed by atoms with Gasteiger partial charge in [-0.25, -0.2) is 9.48 Å². The van der Waals surface area contributed by atoms with Crippen LogP contribution in [0.25, 0.3) is 5.70 Å². The molecule has 0 bridgehead atoms. The number of amides is 2. The fourth-order valence-corrected chi connectivity index (χ4v) is 2.21. The summed E-state index contributed by atoms with van der Waals surface area (Å²) in [6, 6.07) is 8.39. The maximum Gasteiger partial charge on any atom is 0.324 e. The van der Waals surface area contributed by atoms with Gasteiger partial charge >= 0.3 is 6.03 Å². The molecule has 2 amide bonds. The highest BCUT2D eigenvalue weighted by molar-refractivity contribution is 6.32. The van der Waals surface area contributed by atoms with Crippen molar-refractivity contribution in [3.05, 3.63) is 54.8 Å². The van der Waals surface area contributed by atoms with Gasteiger partial charge in [-0.2, -0.15) is 5.10 Å². The smallest absolute Gasteiger partial charge is 0.308 e. The monoisotopic (exact) mass is 290 g/mol. The van der Waals surface area contributed by atoms with E-state index in [0.717, 1.165) is 18.5 Å². The summed E-state index contributed by atoms with van der Waals surface area (Å²) < 4.78 is 1.71. The number of hydrogen-bond donors (Lipinski definition) is 2. The highest BCUT2D eigenvalue weighted by atomic mass is 16.2. The molecule has 1 aliphatic carbocycles. The summed E-state index contributed by atoms with van der Waals surface area (Å²) in [5, 5.41) is 9.80. The Kier molecular flexibility index (Phi) is 4.09. The van der Waals surface area contributed by atoms with Crippen LogP contribution >= 0.6 is 0 Å². The topological polar surface area (TPSA) is 59.0 Å². The van der Waals surface area contributed by atoms with Gasteiger partial charge in [0.25, 0.3) is 0 Å². The first-order chi connectivity index (χ1) is 10.7. The standard InChI is InChI=1S/C16H15BN4O/c17-12-6-8-13(9-7-12)19-16(22)20-15-10-11-18-21(15)14-4-2-1-3-5-14/h2,4-11H,1,3H2,(H2,19,20,22). The predicted octanol–water partition coefficient (Wildman–Crippen LogP) is 2.51. The predicted molar refractivity (Wildman–Crippen MR) is 89.3 cm³/mol. The van der Waals surface area contributed by atoms with Crippen molar-refractivity contribution in [2.45, 2.75) is 12.8 Å². The van der Waals surface area contributed by atoms with Crippen LogP contribution in [0.5, 0.6) is 0 Å². The molecule has 5 nitrogen and oxygen atoms in total. The number of nitrogens with one attached hydrogen (secondary N) is 2. The van der Waals surface area contributed by atoms with Crippen molar-refractivity contribution in [3.8, 4) is 0 Å². The van der Waals surface area contributed by atoms with Crippen LogP contribution in [-0.2, 0) is 0 Å². The second-order valence-electron chi connectivity index (χ2n) is 4.94. The van der Waals surface area contributed by atoms with Crippen LogP contribution in [-0.4, -0.2) is 23.7 Å². The Hall–Kier alpha value is -2.76. The van der Waals surface area contributed by atoms with Crippen LogP contribution < -0.4 is 16.1 Å². The van der Waals surface area contributed by atoms with E-state index < -0.39 is 0 Å². The van der Waals surface area contributed by atoms with Gasteiger partial charge in [-0.05, 0) is 31.1 Å². The van der Waals surface area contributed by atoms with Crippen molar-refractivity contribution in [1.29, 1.82) is 0 Å². The van der Waals surface area contributed by atoms with E-state index in [1.165, 1.54) is 0 Å². The molecule has 2 N–H and O–H groups in total. The van der Waals surface area contributed by atoms with Gasteiger partial charge in [0.15, 0.2) is 0 Å². The summed E-state index contributed by atoms with van der Waals surface area (Å²) in [6.07, 6.45) is 9.85. The van der Waals surface area contributed by atoms with Crippen molar-refractivity contribution >= 4 is 36.5 Å². The molecule has 0 aliphatic heterocycles. The van der Waals surface area contributed by atoms with Crippen molar-refractivity contribution in [3.63, 3.8) is 0 Å². The van der Waals surface area contributed by atoms with Gasteiger partial charge in [0.2, 0.25) is 0 Å². The lowest BCUT2D eigenvalue weighted by molar-refractivity contribution is 0.262. The van der Waals surface area contributed by atoms with Crippen molar-refractivity contribution in [1.82, 2.24) is 9.78 Å². The number of benzene rings is 1. The molecule has 3 rings (SSSR count). The molecule has 6 heteroatoms. The van der Waals surface area contributed by atoms with Gasteiger partial charge in [-0.3, -0.25) is 5.32 Å².